The number of thiazole rings is 1. The first-order valence-electron chi connectivity index (χ1n) is 11.5. The summed E-state index contributed by atoms with van der Waals surface area (Å²) in [6.45, 7) is 12.1. The molecule has 0 amide bonds. The number of aromatic nitrogens is 1. The van der Waals surface area contributed by atoms with Gasteiger partial charge in [0.15, 0.2) is 0 Å². The summed E-state index contributed by atoms with van der Waals surface area (Å²) < 4.78 is 5.76. The molecule has 0 N–H and O–H groups in total. The van der Waals surface area contributed by atoms with Crippen LogP contribution in [0, 0.1) is 17.2 Å². The van der Waals surface area contributed by atoms with E-state index < -0.39 is 0 Å². The molecule has 5 heteroatoms. The smallest absolute Gasteiger partial charge is 0.137 e. The fourth-order valence-electron chi connectivity index (χ4n) is 4.45. The Balaban J connectivity index is 1.58. The summed E-state index contributed by atoms with van der Waals surface area (Å²) in [6, 6.07) is 14.7. The molecule has 0 aliphatic carbocycles. The topological polar surface area (TPSA) is 49.2 Å². The minimum absolute atomic E-state index is 0.0312. The largest absolute Gasteiger partial charge is 0.490 e. The standard InChI is InChI=1S/C27H31N3OS/c1-5-23-20(11-12-30-16-19(4)17-30)7-6-8-24(23)26-15-29-27(32-26)21-9-10-25(31-18(2)3)22(13-21)14-28/h6-10,13,15,18-19H,5,11-12,16-17H2,1-4H3. The van der Waals surface area contributed by atoms with Crippen molar-refractivity contribution in [2.45, 2.75) is 46.6 Å². The Labute approximate surface area is 195 Å². The van der Waals surface area contributed by atoms with Crippen molar-refractivity contribution in [2.24, 2.45) is 5.92 Å². The average molecular weight is 446 g/mol. The van der Waals surface area contributed by atoms with Crippen LogP contribution < -0.4 is 4.74 Å². The fourth-order valence-corrected chi connectivity index (χ4v) is 5.41. The highest BCUT2D eigenvalue weighted by molar-refractivity contribution is 7.18. The second-order valence-electron chi connectivity index (χ2n) is 8.93. The Hall–Kier alpha value is -2.68. The predicted octanol–water partition coefficient (Wildman–Crippen LogP) is 6.19. The van der Waals surface area contributed by atoms with E-state index in [0.29, 0.717) is 11.3 Å². The molecule has 1 aliphatic heterocycles. The van der Waals surface area contributed by atoms with Crippen LogP contribution in [0.25, 0.3) is 21.0 Å². The van der Waals surface area contributed by atoms with Crippen LogP contribution in [0.4, 0.5) is 0 Å². The van der Waals surface area contributed by atoms with Crippen molar-refractivity contribution in [3.05, 3.63) is 59.3 Å². The van der Waals surface area contributed by atoms with E-state index in [2.05, 4.69) is 43.0 Å². The summed E-state index contributed by atoms with van der Waals surface area (Å²) in [4.78, 5) is 8.42. The normalized spacial score (nSPS) is 14.4. The van der Waals surface area contributed by atoms with E-state index in [1.165, 1.54) is 34.7 Å². The summed E-state index contributed by atoms with van der Waals surface area (Å²) >= 11 is 1.68. The summed E-state index contributed by atoms with van der Waals surface area (Å²) in [6.07, 6.45) is 4.11. The molecule has 0 saturated carbocycles. The molecular weight excluding hydrogens is 414 g/mol. The first-order valence-corrected chi connectivity index (χ1v) is 12.3. The van der Waals surface area contributed by atoms with Crippen LogP contribution >= 0.6 is 11.3 Å². The molecule has 0 atom stereocenters. The number of benzene rings is 2. The summed E-state index contributed by atoms with van der Waals surface area (Å²) in [5.74, 6) is 1.47. The Morgan fingerprint density at radius 1 is 1.25 bits per heavy atom. The van der Waals surface area contributed by atoms with Crippen LogP contribution in [0.15, 0.2) is 42.6 Å². The Kier molecular flexibility index (Phi) is 6.93. The maximum Gasteiger partial charge on any atom is 0.137 e. The van der Waals surface area contributed by atoms with Crippen LogP contribution in [-0.4, -0.2) is 35.6 Å². The van der Waals surface area contributed by atoms with Crippen LogP contribution in [0.5, 0.6) is 5.75 Å². The first-order chi connectivity index (χ1) is 15.5. The number of hydrogen-bond donors (Lipinski definition) is 0. The highest BCUT2D eigenvalue weighted by Gasteiger charge is 2.22. The lowest BCUT2D eigenvalue weighted by Crippen LogP contribution is -2.45. The van der Waals surface area contributed by atoms with E-state index in [1.807, 2.05) is 38.2 Å². The van der Waals surface area contributed by atoms with E-state index in [1.54, 1.807) is 11.3 Å². The van der Waals surface area contributed by atoms with Gasteiger partial charge < -0.3 is 9.64 Å². The van der Waals surface area contributed by atoms with Gasteiger partial charge in [-0.25, -0.2) is 4.98 Å². The molecular formula is C27H31N3OS. The molecule has 0 radical (unpaired) electrons. The maximum absolute atomic E-state index is 9.56. The fraction of sp³-hybridized carbons (Fsp3) is 0.407. The third kappa shape index (κ3) is 4.87. The molecule has 32 heavy (non-hydrogen) atoms. The molecule has 1 fully saturated rings. The quantitative estimate of drug-likeness (QED) is 0.415. The van der Waals surface area contributed by atoms with Crippen LogP contribution in [0.2, 0.25) is 0 Å². The minimum Gasteiger partial charge on any atom is -0.490 e. The van der Waals surface area contributed by atoms with Gasteiger partial charge in [-0.05, 0) is 67.5 Å². The first kappa shape index (κ1) is 22.5. The summed E-state index contributed by atoms with van der Waals surface area (Å²) in [7, 11) is 0. The van der Waals surface area contributed by atoms with Crippen LogP contribution in [0.1, 0.15) is 44.4 Å². The zero-order valence-corrected chi connectivity index (χ0v) is 20.2. The number of ether oxygens (including phenoxy) is 1. The Morgan fingerprint density at radius 3 is 2.75 bits per heavy atom. The van der Waals surface area contributed by atoms with E-state index in [-0.39, 0.29) is 6.10 Å². The van der Waals surface area contributed by atoms with Gasteiger partial charge in [0.05, 0.1) is 16.5 Å². The second kappa shape index (κ2) is 9.85. The number of likely N-dealkylation sites (tertiary alicyclic amines) is 1. The van der Waals surface area contributed by atoms with Gasteiger partial charge >= 0.3 is 0 Å². The second-order valence-corrected chi connectivity index (χ2v) is 9.96. The molecule has 3 aromatic rings. The van der Waals surface area contributed by atoms with Crippen molar-refractivity contribution in [1.29, 1.82) is 5.26 Å². The van der Waals surface area contributed by atoms with E-state index in [4.69, 9.17) is 9.72 Å². The van der Waals surface area contributed by atoms with Crippen molar-refractivity contribution in [3.63, 3.8) is 0 Å². The summed E-state index contributed by atoms with van der Waals surface area (Å²) in [5, 5.41) is 10.5. The number of nitrogens with zero attached hydrogens (tertiary/aromatic N) is 3. The van der Waals surface area contributed by atoms with Crippen LogP contribution in [0.3, 0.4) is 0 Å². The third-order valence-corrected chi connectivity index (χ3v) is 7.02. The van der Waals surface area contributed by atoms with Crippen molar-refractivity contribution >= 4 is 11.3 Å². The molecule has 2 heterocycles. The van der Waals surface area contributed by atoms with Gasteiger partial charge in [0.2, 0.25) is 0 Å². The zero-order chi connectivity index (χ0) is 22.7. The van der Waals surface area contributed by atoms with E-state index in [0.717, 1.165) is 35.9 Å². The highest BCUT2D eigenvalue weighted by Crippen LogP contribution is 2.36. The molecule has 0 bridgehead atoms. The van der Waals surface area contributed by atoms with Crippen molar-refractivity contribution in [1.82, 2.24) is 9.88 Å². The molecule has 4 nitrogen and oxygen atoms in total. The lowest BCUT2D eigenvalue weighted by atomic mass is 9.95. The molecule has 4 rings (SSSR count). The van der Waals surface area contributed by atoms with Crippen LogP contribution in [-0.2, 0) is 12.8 Å². The molecule has 166 valence electrons. The van der Waals surface area contributed by atoms with Crippen molar-refractivity contribution < 1.29 is 4.74 Å². The number of rotatable bonds is 8. The molecule has 2 aromatic carbocycles. The maximum atomic E-state index is 9.56. The molecule has 0 spiro atoms. The number of nitriles is 1. The molecule has 0 unspecified atom stereocenters. The zero-order valence-electron chi connectivity index (χ0n) is 19.4. The molecule has 1 aliphatic rings. The number of hydrogen-bond acceptors (Lipinski definition) is 5. The molecule has 1 saturated heterocycles. The van der Waals surface area contributed by atoms with Gasteiger partial charge in [-0.15, -0.1) is 11.3 Å². The molecule has 1 aromatic heterocycles. The minimum atomic E-state index is 0.0312. The van der Waals surface area contributed by atoms with E-state index >= 15 is 0 Å². The summed E-state index contributed by atoms with van der Waals surface area (Å²) in [5.41, 5.74) is 5.65. The third-order valence-electron chi connectivity index (χ3n) is 5.94. The van der Waals surface area contributed by atoms with Crippen molar-refractivity contribution in [3.8, 4) is 32.8 Å². The van der Waals surface area contributed by atoms with Gasteiger partial charge in [-0.2, -0.15) is 5.26 Å². The van der Waals surface area contributed by atoms with Gasteiger partial charge in [0.1, 0.15) is 16.8 Å². The van der Waals surface area contributed by atoms with Crippen molar-refractivity contribution in [2.75, 3.05) is 19.6 Å². The van der Waals surface area contributed by atoms with Gasteiger partial charge in [0.25, 0.3) is 0 Å². The lowest BCUT2D eigenvalue weighted by Gasteiger charge is -2.37. The average Bonchev–Trinajstić information content (AvgIpc) is 3.25. The van der Waals surface area contributed by atoms with E-state index in [9.17, 15) is 5.26 Å². The van der Waals surface area contributed by atoms with Gasteiger partial charge in [0, 0.05) is 31.4 Å². The highest BCUT2D eigenvalue weighted by atomic mass is 32.1. The Morgan fingerprint density at radius 2 is 2.06 bits per heavy atom. The Bertz CT molecular complexity index is 1120. The SMILES string of the molecule is CCc1c(CCN2CC(C)C2)cccc1-c1cnc(-c2ccc(OC(C)C)c(C#N)c2)s1. The monoisotopic (exact) mass is 445 g/mol. The predicted molar refractivity (Wildman–Crippen MR) is 132 cm³/mol. The van der Waals surface area contributed by atoms with Gasteiger partial charge in [-0.1, -0.05) is 32.0 Å². The van der Waals surface area contributed by atoms with Gasteiger partial charge in [-0.3, -0.25) is 0 Å². The lowest BCUT2D eigenvalue weighted by molar-refractivity contribution is 0.115.